The van der Waals surface area contributed by atoms with Gasteiger partial charge in [-0.25, -0.2) is 12.8 Å². The standard InChI is InChI=1S/C24H25FN2O3S/c1-16-14-21(12-13-22(16)25)31(29,30)27-20-7-5-6-19(15-20)26-23(28)17-8-10-18(11-9-17)24(2,3)4/h5-15,27H,1-4H3,(H,26,28). The van der Waals surface area contributed by atoms with E-state index >= 15 is 0 Å². The lowest BCUT2D eigenvalue weighted by Gasteiger charge is -2.19. The average Bonchev–Trinajstić information content (AvgIpc) is 2.69. The molecule has 7 heteroatoms. The predicted octanol–water partition coefficient (Wildman–Crippen LogP) is 5.48. The molecule has 0 aliphatic rings. The lowest BCUT2D eigenvalue weighted by atomic mass is 9.87. The number of hydrogen-bond donors (Lipinski definition) is 2. The molecule has 3 aromatic carbocycles. The molecule has 0 atom stereocenters. The first kappa shape index (κ1) is 22.5. The number of sulfonamides is 1. The Labute approximate surface area is 182 Å². The number of halogens is 1. The van der Waals surface area contributed by atoms with E-state index in [-0.39, 0.29) is 27.5 Å². The largest absolute Gasteiger partial charge is 0.322 e. The van der Waals surface area contributed by atoms with Gasteiger partial charge in [0, 0.05) is 11.3 Å². The lowest BCUT2D eigenvalue weighted by molar-refractivity contribution is 0.102. The Hall–Kier alpha value is -3.19. The summed E-state index contributed by atoms with van der Waals surface area (Å²) in [6, 6.07) is 17.4. The monoisotopic (exact) mass is 440 g/mol. The highest BCUT2D eigenvalue weighted by Gasteiger charge is 2.17. The van der Waals surface area contributed by atoms with Crippen molar-refractivity contribution in [1.82, 2.24) is 0 Å². The molecule has 31 heavy (non-hydrogen) atoms. The van der Waals surface area contributed by atoms with Crippen molar-refractivity contribution in [2.45, 2.75) is 38.0 Å². The molecule has 0 bridgehead atoms. The molecule has 2 N–H and O–H groups in total. The van der Waals surface area contributed by atoms with Gasteiger partial charge in [-0.05, 0) is 72.0 Å². The van der Waals surface area contributed by atoms with Crippen molar-refractivity contribution in [2.24, 2.45) is 0 Å². The van der Waals surface area contributed by atoms with Gasteiger partial charge in [-0.1, -0.05) is 39.0 Å². The molecular formula is C24H25FN2O3S. The molecule has 5 nitrogen and oxygen atoms in total. The maximum absolute atomic E-state index is 13.5. The Morgan fingerprint density at radius 1 is 0.903 bits per heavy atom. The number of hydrogen-bond acceptors (Lipinski definition) is 3. The Balaban J connectivity index is 1.75. The summed E-state index contributed by atoms with van der Waals surface area (Å²) < 4.78 is 41.1. The number of carbonyl (C=O) groups excluding carboxylic acids is 1. The van der Waals surface area contributed by atoms with Gasteiger partial charge in [-0.3, -0.25) is 9.52 Å². The molecule has 162 valence electrons. The van der Waals surface area contributed by atoms with Crippen molar-refractivity contribution in [1.29, 1.82) is 0 Å². The zero-order valence-corrected chi connectivity index (χ0v) is 18.7. The van der Waals surface area contributed by atoms with Crippen LogP contribution in [0.5, 0.6) is 0 Å². The molecule has 0 spiro atoms. The van der Waals surface area contributed by atoms with Crippen molar-refractivity contribution in [3.8, 4) is 0 Å². The zero-order valence-electron chi connectivity index (χ0n) is 17.9. The fraction of sp³-hybridized carbons (Fsp3) is 0.208. The Morgan fingerprint density at radius 2 is 1.55 bits per heavy atom. The number of aryl methyl sites for hydroxylation is 1. The van der Waals surface area contributed by atoms with E-state index in [1.54, 1.807) is 30.3 Å². The Bertz CT molecular complexity index is 1210. The normalized spacial score (nSPS) is 11.8. The van der Waals surface area contributed by atoms with E-state index in [1.165, 1.54) is 25.1 Å². The third kappa shape index (κ3) is 5.49. The summed E-state index contributed by atoms with van der Waals surface area (Å²) in [5.74, 6) is -0.770. The van der Waals surface area contributed by atoms with Gasteiger partial charge in [0.2, 0.25) is 0 Å². The molecular weight excluding hydrogens is 415 g/mol. The van der Waals surface area contributed by atoms with Gasteiger partial charge in [0.25, 0.3) is 15.9 Å². The third-order valence-electron chi connectivity index (χ3n) is 4.83. The van der Waals surface area contributed by atoms with Crippen LogP contribution in [0, 0.1) is 12.7 Å². The molecule has 3 rings (SSSR count). The summed E-state index contributed by atoms with van der Waals surface area (Å²) in [7, 11) is -3.90. The van der Waals surface area contributed by atoms with Crippen LogP contribution in [-0.4, -0.2) is 14.3 Å². The van der Waals surface area contributed by atoms with Gasteiger partial charge in [-0.2, -0.15) is 0 Å². The second-order valence-corrected chi connectivity index (χ2v) is 10.1. The third-order valence-corrected chi connectivity index (χ3v) is 6.20. The fourth-order valence-electron chi connectivity index (χ4n) is 2.98. The molecule has 0 aliphatic carbocycles. The molecule has 0 fully saturated rings. The minimum atomic E-state index is -3.90. The molecule has 0 saturated heterocycles. The van der Waals surface area contributed by atoms with Gasteiger partial charge >= 0.3 is 0 Å². The van der Waals surface area contributed by atoms with Crippen LogP contribution in [-0.2, 0) is 15.4 Å². The highest BCUT2D eigenvalue weighted by molar-refractivity contribution is 7.92. The second kappa shape index (κ2) is 8.51. The van der Waals surface area contributed by atoms with Crippen molar-refractivity contribution >= 4 is 27.3 Å². The Morgan fingerprint density at radius 3 is 2.16 bits per heavy atom. The average molecular weight is 441 g/mol. The maximum atomic E-state index is 13.5. The van der Waals surface area contributed by atoms with E-state index < -0.39 is 15.8 Å². The van der Waals surface area contributed by atoms with Crippen LogP contribution in [0.3, 0.4) is 0 Å². The summed E-state index contributed by atoms with van der Waals surface area (Å²) in [6.07, 6.45) is 0. The van der Waals surface area contributed by atoms with Crippen molar-refractivity contribution in [3.63, 3.8) is 0 Å². The summed E-state index contributed by atoms with van der Waals surface area (Å²) in [6.45, 7) is 7.80. The van der Waals surface area contributed by atoms with Crippen LogP contribution in [0.15, 0.2) is 71.6 Å². The quantitative estimate of drug-likeness (QED) is 0.551. The fourth-order valence-corrected chi connectivity index (χ4v) is 4.12. The van der Waals surface area contributed by atoms with Crippen LogP contribution >= 0.6 is 0 Å². The van der Waals surface area contributed by atoms with Crippen molar-refractivity contribution in [2.75, 3.05) is 10.0 Å². The lowest BCUT2D eigenvalue weighted by Crippen LogP contribution is -2.15. The second-order valence-electron chi connectivity index (χ2n) is 8.38. The van der Waals surface area contributed by atoms with Gasteiger partial charge < -0.3 is 5.32 Å². The van der Waals surface area contributed by atoms with Crippen LogP contribution in [0.1, 0.15) is 42.3 Å². The number of nitrogens with one attached hydrogen (secondary N) is 2. The first-order valence-corrected chi connectivity index (χ1v) is 11.2. The van der Waals surface area contributed by atoms with Crippen LogP contribution in [0.2, 0.25) is 0 Å². The van der Waals surface area contributed by atoms with Crippen LogP contribution < -0.4 is 10.0 Å². The number of rotatable bonds is 5. The van der Waals surface area contributed by atoms with Gasteiger partial charge in [0.15, 0.2) is 0 Å². The minimum Gasteiger partial charge on any atom is -0.322 e. The van der Waals surface area contributed by atoms with E-state index in [0.717, 1.165) is 11.6 Å². The van der Waals surface area contributed by atoms with E-state index in [1.807, 2.05) is 12.1 Å². The predicted molar refractivity (Wildman–Crippen MR) is 121 cm³/mol. The van der Waals surface area contributed by atoms with Crippen LogP contribution in [0.25, 0.3) is 0 Å². The van der Waals surface area contributed by atoms with Gasteiger partial charge in [-0.15, -0.1) is 0 Å². The first-order chi connectivity index (χ1) is 14.5. The summed E-state index contributed by atoms with van der Waals surface area (Å²) >= 11 is 0. The maximum Gasteiger partial charge on any atom is 0.261 e. The van der Waals surface area contributed by atoms with Crippen LogP contribution in [0.4, 0.5) is 15.8 Å². The first-order valence-electron chi connectivity index (χ1n) is 9.77. The Kier molecular flexibility index (Phi) is 6.18. The molecule has 0 radical (unpaired) electrons. The SMILES string of the molecule is Cc1cc(S(=O)(=O)Nc2cccc(NC(=O)c3ccc(C(C)(C)C)cc3)c2)ccc1F. The van der Waals surface area contributed by atoms with E-state index in [9.17, 15) is 17.6 Å². The van der Waals surface area contributed by atoms with Crippen molar-refractivity contribution in [3.05, 3.63) is 89.2 Å². The molecule has 0 saturated carbocycles. The van der Waals surface area contributed by atoms with E-state index in [2.05, 4.69) is 30.8 Å². The zero-order chi connectivity index (χ0) is 22.8. The molecule has 1 amide bonds. The topological polar surface area (TPSA) is 75.3 Å². The number of anilines is 2. The van der Waals surface area contributed by atoms with Gasteiger partial charge in [0.1, 0.15) is 5.82 Å². The number of carbonyl (C=O) groups is 1. The smallest absolute Gasteiger partial charge is 0.261 e. The van der Waals surface area contributed by atoms with Crippen molar-refractivity contribution < 1.29 is 17.6 Å². The number of benzene rings is 3. The van der Waals surface area contributed by atoms with E-state index in [0.29, 0.717) is 11.3 Å². The molecule has 0 aromatic heterocycles. The highest BCUT2D eigenvalue weighted by Crippen LogP contribution is 2.24. The summed E-state index contributed by atoms with van der Waals surface area (Å²) in [4.78, 5) is 12.5. The number of amides is 1. The molecule has 3 aromatic rings. The summed E-state index contributed by atoms with van der Waals surface area (Å²) in [5.41, 5.74) is 2.57. The minimum absolute atomic E-state index is 0.0104. The highest BCUT2D eigenvalue weighted by atomic mass is 32.2. The summed E-state index contributed by atoms with van der Waals surface area (Å²) in [5, 5.41) is 2.78. The van der Waals surface area contributed by atoms with Gasteiger partial charge in [0.05, 0.1) is 10.6 Å². The molecule has 0 unspecified atom stereocenters. The molecule has 0 heterocycles. The molecule has 0 aliphatic heterocycles. The van der Waals surface area contributed by atoms with E-state index in [4.69, 9.17) is 0 Å².